The molecule has 13 aromatic rings. The lowest BCUT2D eigenvalue weighted by Gasteiger charge is -2.28. The third kappa shape index (κ3) is 6.37. The predicted octanol–water partition coefficient (Wildman–Crippen LogP) is 18.4. The fraction of sp³-hybridized carbons (Fsp3) is 0.0159. The summed E-state index contributed by atoms with van der Waals surface area (Å²) in [5.41, 5.74) is 15.6. The molecule has 0 bridgehead atoms. The van der Waals surface area contributed by atoms with Crippen molar-refractivity contribution in [3.8, 4) is 22.3 Å². The van der Waals surface area contributed by atoms with E-state index in [2.05, 4.69) is 241 Å². The molecule has 4 heteroatoms. The van der Waals surface area contributed by atoms with Gasteiger partial charge in [-0.25, -0.2) is 0 Å². The van der Waals surface area contributed by atoms with E-state index in [1.807, 2.05) is 12.1 Å². The van der Waals surface area contributed by atoms with Crippen LogP contribution in [0.15, 0.2) is 245 Å². The minimum absolute atomic E-state index is 0.839. The summed E-state index contributed by atoms with van der Waals surface area (Å²) in [6.45, 7) is 2.22. The average molecular weight is 859 g/mol. The van der Waals surface area contributed by atoms with Gasteiger partial charge in [0.25, 0.3) is 0 Å². The Morgan fingerprint density at radius 1 is 0.299 bits per heavy atom. The summed E-state index contributed by atoms with van der Waals surface area (Å²) in [5.74, 6) is 0. The molecule has 0 aliphatic carbocycles. The molecule has 316 valence electrons. The summed E-state index contributed by atoms with van der Waals surface area (Å²) in [5, 5.41) is 8.98. The van der Waals surface area contributed by atoms with Gasteiger partial charge in [0.05, 0.1) is 11.4 Å². The Labute approximate surface area is 387 Å². The Morgan fingerprint density at radius 2 is 0.821 bits per heavy atom. The molecular weight excluding hydrogens is 817 g/mol. The van der Waals surface area contributed by atoms with Crippen molar-refractivity contribution in [1.82, 2.24) is 0 Å². The van der Waals surface area contributed by atoms with Gasteiger partial charge in [0.2, 0.25) is 0 Å². The standard InChI is InChI=1S/C63H42N2O2/c1-41-18-17-28-51-54-38-45(65(57-30-15-12-26-49(57)43-21-7-3-8-22-43)46-34-37-59-55(39-46)50-27-13-16-31-58(50)66-59)32-35-52(54)63-62(61(41)51)53-36-33-47(40-60(53)67-63)64(44-23-9-4-10-24-44)56-29-14-11-25-48(56)42-19-5-2-6-20-42/h2-40H,1H3. The lowest BCUT2D eigenvalue weighted by molar-refractivity contribution is 0.669. The SMILES string of the molecule is Cc1cccc2c3cc(N(c4ccc5oc6ccccc6c5c4)c4ccccc4-c4ccccc4)ccc3c3oc4cc(N(c5ccccc5)c5ccccc5-c5ccccc5)ccc4c3c12. The topological polar surface area (TPSA) is 32.8 Å². The van der Waals surface area contributed by atoms with Crippen molar-refractivity contribution in [3.63, 3.8) is 0 Å². The molecule has 11 aromatic carbocycles. The number of anilines is 6. The molecule has 0 saturated heterocycles. The average Bonchev–Trinajstić information content (AvgIpc) is 3.96. The smallest absolute Gasteiger partial charge is 0.143 e. The molecule has 0 radical (unpaired) electrons. The van der Waals surface area contributed by atoms with Gasteiger partial charge in [0.1, 0.15) is 22.3 Å². The van der Waals surface area contributed by atoms with E-state index in [4.69, 9.17) is 8.83 Å². The maximum Gasteiger partial charge on any atom is 0.143 e. The van der Waals surface area contributed by atoms with Crippen LogP contribution < -0.4 is 9.80 Å². The number of fused-ring (bicyclic) bond motifs is 11. The minimum Gasteiger partial charge on any atom is -0.456 e. The van der Waals surface area contributed by atoms with Crippen LogP contribution in [0.5, 0.6) is 0 Å². The summed E-state index contributed by atoms with van der Waals surface area (Å²) >= 11 is 0. The number of hydrogen-bond donors (Lipinski definition) is 0. The first-order valence-corrected chi connectivity index (χ1v) is 22.8. The lowest BCUT2D eigenvalue weighted by atomic mass is 9.93. The largest absolute Gasteiger partial charge is 0.456 e. The highest BCUT2D eigenvalue weighted by atomic mass is 16.3. The highest BCUT2D eigenvalue weighted by Crippen LogP contribution is 2.49. The predicted molar refractivity (Wildman–Crippen MR) is 281 cm³/mol. The molecular formula is C63H42N2O2. The second-order valence-corrected chi connectivity index (χ2v) is 17.3. The van der Waals surface area contributed by atoms with Crippen molar-refractivity contribution in [3.05, 3.63) is 242 Å². The van der Waals surface area contributed by atoms with Crippen molar-refractivity contribution in [2.24, 2.45) is 0 Å². The van der Waals surface area contributed by atoms with E-state index in [0.29, 0.717) is 0 Å². The molecule has 13 rings (SSSR count). The van der Waals surface area contributed by atoms with Gasteiger partial charge in [0, 0.05) is 66.9 Å². The van der Waals surface area contributed by atoms with E-state index >= 15 is 0 Å². The molecule has 0 aliphatic heterocycles. The van der Waals surface area contributed by atoms with Gasteiger partial charge in [-0.05, 0) is 119 Å². The zero-order chi connectivity index (χ0) is 44.4. The summed E-state index contributed by atoms with van der Waals surface area (Å²) in [6, 6.07) is 84.3. The number of rotatable bonds is 8. The number of aryl methyl sites for hydroxylation is 1. The van der Waals surface area contributed by atoms with E-state index in [0.717, 1.165) is 111 Å². The van der Waals surface area contributed by atoms with Gasteiger partial charge in [-0.3, -0.25) is 0 Å². The maximum atomic E-state index is 7.18. The van der Waals surface area contributed by atoms with Crippen molar-refractivity contribution < 1.29 is 8.83 Å². The zero-order valence-electron chi connectivity index (χ0n) is 36.7. The Morgan fingerprint density at radius 3 is 1.52 bits per heavy atom. The number of furan rings is 2. The van der Waals surface area contributed by atoms with Crippen LogP contribution >= 0.6 is 0 Å². The molecule has 0 atom stereocenters. The highest BCUT2D eigenvalue weighted by molar-refractivity contribution is 6.31. The second-order valence-electron chi connectivity index (χ2n) is 17.3. The zero-order valence-corrected chi connectivity index (χ0v) is 36.7. The molecule has 4 nitrogen and oxygen atoms in total. The van der Waals surface area contributed by atoms with Gasteiger partial charge in [-0.15, -0.1) is 0 Å². The normalized spacial score (nSPS) is 11.7. The fourth-order valence-electron chi connectivity index (χ4n) is 10.3. The Hall–Kier alpha value is -8.86. The van der Waals surface area contributed by atoms with Gasteiger partial charge in [0.15, 0.2) is 0 Å². The third-order valence-corrected chi connectivity index (χ3v) is 13.3. The maximum absolute atomic E-state index is 7.18. The number of benzene rings is 11. The molecule has 0 fully saturated rings. The summed E-state index contributed by atoms with van der Waals surface area (Å²) in [7, 11) is 0. The Bertz CT molecular complexity index is 4000. The van der Waals surface area contributed by atoms with Crippen LogP contribution in [0.3, 0.4) is 0 Å². The first kappa shape index (κ1) is 38.6. The van der Waals surface area contributed by atoms with Crippen molar-refractivity contribution >= 4 is 99.5 Å². The summed E-state index contributed by atoms with van der Waals surface area (Å²) in [6.07, 6.45) is 0. The molecule has 0 aliphatic rings. The van der Waals surface area contributed by atoms with Gasteiger partial charge < -0.3 is 18.6 Å². The van der Waals surface area contributed by atoms with E-state index in [1.165, 1.54) is 16.3 Å². The van der Waals surface area contributed by atoms with E-state index in [-0.39, 0.29) is 0 Å². The molecule has 0 unspecified atom stereocenters. The molecule has 0 spiro atoms. The molecule has 0 amide bonds. The van der Waals surface area contributed by atoms with Crippen LogP contribution in [0.4, 0.5) is 34.1 Å². The summed E-state index contributed by atoms with van der Waals surface area (Å²) < 4.78 is 13.5. The quantitative estimate of drug-likeness (QED) is 0.143. The second kappa shape index (κ2) is 15.7. The first-order chi connectivity index (χ1) is 33.2. The fourth-order valence-corrected chi connectivity index (χ4v) is 10.3. The number of nitrogens with zero attached hydrogens (tertiary/aromatic N) is 2. The van der Waals surface area contributed by atoms with Crippen LogP contribution in [0.2, 0.25) is 0 Å². The van der Waals surface area contributed by atoms with E-state index < -0.39 is 0 Å². The van der Waals surface area contributed by atoms with Crippen molar-refractivity contribution in [1.29, 1.82) is 0 Å². The van der Waals surface area contributed by atoms with Gasteiger partial charge >= 0.3 is 0 Å². The van der Waals surface area contributed by atoms with Crippen molar-refractivity contribution in [2.45, 2.75) is 6.92 Å². The molecule has 2 heterocycles. The third-order valence-electron chi connectivity index (χ3n) is 13.3. The van der Waals surface area contributed by atoms with Gasteiger partial charge in [-0.2, -0.15) is 0 Å². The highest BCUT2D eigenvalue weighted by Gasteiger charge is 2.24. The number of hydrogen-bond acceptors (Lipinski definition) is 4. The molecule has 0 saturated carbocycles. The Balaban J connectivity index is 1.04. The van der Waals surface area contributed by atoms with Crippen LogP contribution in [-0.2, 0) is 0 Å². The molecule has 0 N–H and O–H groups in total. The van der Waals surface area contributed by atoms with Crippen LogP contribution in [0.1, 0.15) is 5.56 Å². The van der Waals surface area contributed by atoms with Crippen LogP contribution in [0, 0.1) is 6.92 Å². The summed E-state index contributed by atoms with van der Waals surface area (Å²) in [4.78, 5) is 4.74. The Kier molecular flexibility index (Phi) is 9.04. The number of para-hydroxylation sites is 4. The van der Waals surface area contributed by atoms with Crippen LogP contribution in [0.25, 0.3) is 87.7 Å². The molecule has 2 aromatic heterocycles. The van der Waals surface area contributed by atoms with Crippen LogP contribution in [-0.4, -0.2) is 0 Å². The minimum atomic E-state index is 0.839. The van der Waals surface area contributed by atoms with E-state index in [1.54, 1.807) is 0 Å². The van der Waals surface area contributed by atoms with Gasteiger partial charge in [-0.1, -0.05) is 152 Å². The monoisotopic (exact) mass is 858 g/mol. The first-order valence-electron chi connectivity index (χ1n) is 22.8. The molecule has 67 heavy (non-hydrogen) atoms. The van der Waals surface area contributed by atoms with E-state index in [9.17, 15) is 0 Å². The lowest BCUT2D eigenvalue weighted by Crippen LogP contribution is -2.11. The van der Waals surface area contributed by atoms with Crippen molar-refractivity contribution in [2.75, 3.05) is 9.80 Å².